The summed E-state index contributed by atoms with van der Waals surface area (Å²) in [6.45, 7) is 0.583. The number of hydrogen-bond donors (Lipinski definition) is 1. The maximum atomic E-state index is 11.4. The summed E-state index contributed by atoms with van der Waals surface area (Å²) in [5, 5.41) is 4.26. The van der Waals surface area contributed by atoms with E-state index < -0.39 is 0 Å². The Morgan fingerprint density at radius 3 is 2.57 bits per heavy atom. The summed E-state index contributed by atoms with van der Waals surface area (Å²) in [4.78, 5) is 11.4. The van der Waals surface area contributed by atoms with Crippen LogP contribution >= 0.6 is 39.1 Å². The van der Waals surface area contributed by atoms with Gasteiger partial charge in [-0.05, 0) is 35.9 Å². The molecule has 21 heavy (non-hydrogen) atoms. The zero-order valence-corrected chi connectivity index (χ0v) is 14.2. The third kappa shape index (κ3) is 4.13. The molecule has 0 unspecified atom stereocenters. The van der Waals surface area contributed by atoms with Crippen LogP contribution in [0.2, 0.25) is 10.0 Å². The van der Waals surface area contributed by atoms with E-state index >= 15 is 0 Å². The van der Waals surface area contributed by atoms with Crippen molar-refractivity contribution in [2.24, 2.45) is 0 Å². The van der Waals surface area contributed by atoms with Crippen LogP contribution < -0.4 is 5.32 Å². The fraction of sp³-hybridized carbons (Fsp3) is 0.133. The third-order valence-corrected chi connectivity index (χ3v) is 4.35. The van der Waals surface area contributed by atoms with E-state index in [1.54, 1.807) is 24.3 Å². The van der Waals surface area contributed by atoms with E-state index in [4.69, 9.17) is 23.2 Å². The molecule has 2 rings (SSSR count). The second-order valence-electron chi connectivity index (χ2n) is 4.28. The maximum absolute atomic E-state index is 11.4. The quantitative estimate of drug-likeness (QED) is 0.735. The summed E-state index contributed by atoms with van der Waals surface area (Å²) < 4.78 is 5.51. The van der Waals surface area contributed by atoms with Crippen molar-refractivity contribution in [2.45, 2.75) is 6.54 Å². The van der Waals surface area contributed by atoms with Gasteiger partial charge in [-0.3, -0.25) is 0 Å². The number of rotatable bonds is 4. The van der Waals surface area contributed by atoms with E-state index in [2.05, 4.69) is 26.0 Å². The molecule has 3 nitrogen and oxygen atoms in total. The number of carbonyl (C=O) groups excluding carboxylic acids is 1. The van der Waals surface area contributed by atoms with Gasteiger partial charge in [0.1, 0.15) is 0 Å². The van der Waals surface area contributed by atoms with E-state index in [0.717, 1.165) is 15.7 Å². The average molecular weight is 389 g/mol. The molecule has 0 aliphatic heterocycles. The minimum atomic E-state index is -0.361. The van der Waals surface area contributed by atoms with Gasteiger partial charge in [-0.25, -0.2) is 4.79 Å². The predicted octanol–water partition coefficient (Wildman–Crippen LogP) is 5.15. The Hall–Kier alpha value is -1.23. The smallest absolute Gasteiger partial charge is 0.337 e. The van der Waals surface area contributed by atoms with Crippen LogP contribution in [0.4, 0.5) is 5.69 Å². The van der Waals surface area contributed by atoms with Crippen molar-refractivity contribution < 1.29 is 9.53 Å². The molecule has 6 heteroatoms. The number of carbonyl (C=O) groups is 1. The first-order chi connectivity index (χ1) is 10.0. The fourth-order valence-corrected chi connectivity index (χ4v) is 2.56. The molecule has 0 spiro atoms. The monoisotopic (exact) mass is 387 g/mol. The maximum Gasteiger partial charge on any atom is 0.337 e. The molecule has 0 heterocycles. The summed E-state index contributed by atoms with van der Waals surface area (Å²) in [6.07, 6.45) is 0. The highest BCUT2D eigenvalue weighted by atomic mass is 79.9. The Labute approximate surface area is 141 Å². The summed E-state index contributed by atoms with van der Waals surface area (Å²) >= 11 is 15.3. The second-order valence-corrected chi connectivity index (χ2v) is 5.95. The summed E-state index contributed by atoms with van der Waals surface area (Å²) in [5.74, 6) is -0.361. The van der Waals surface area contributed by atoms with Crippen LogP contribution in [0.15, 0.2) is 40.9 Å². The number of methoxy groups -OCH3 is 1. The van der Waals surface area contributed by atoms with Crippen molar-refractivity contribution in [3.63, 3.8) is 0 Å². The topological polar surface area (TPSA) is 38.3 Å². The van der Waals surface area contributed by atoms with Crippen molar-refractivity contribution in [1.29, 1.82) is 0 Å². The fourth-order valence-electron chi connectivity index (χ4n) is 1.74. The van der Waals surface area contributed by atoms with Crippen LogP contribution in [-0.2, 0) is 11.3 Å². The highest BCUT2D eigenvalue weighted by Crippen LogP contribution is 2.26. The van der Waals surface area contributed by atoms with Gasteiger partial charge in [-0.2, -0.15) is 0 Å². The van der Waals surface area contributed by atoms with E-state index in [9.17, 15) is 4.79 Å². The molecule has 0 aliphatic rings. The van der Waals surface area contributed by atoms with Gasteiger partial charge in [-0.1, -0.05) is 45.2 Å². The van der Waals surface area contributed by atoms with Gasteiger partial charge in [0.25, 0.3) is 0 Å². The van der Waals surface area contributed by atoms with Crippen LogP contribution in [-0.4, -0.2) is 13.1 Å². The van der Waals surface area contributed by atoms with Crippen LogP contribution in [0.3, 0.4) is 0 Å². The number of hydrogen-bond acceptors (Lipinski definition) is 3. The molecule has 0 saturated carbocycles. The Morgan fingerprint density at radius 1 is 1.19 bits per heavy atom. The molecule has 0 aliphatic carbocycles. The number of esters is 1. The molecule has 0 amide bonds. The summed E-state index contributed by atoms with van der Waals surface area (Å²) in [5.41, 5.74) is 2.38. The van der Waals surface area contributed by atoms with Crippen LogP contribution in [0.1, 0.15) is 15.9 Å². The van der Waals surface area contributed by atoms with Crippen molar-refractivity contribution in [1.82, 2.24) is 0 Å². The molecule has 0 atom stereocenters. The number of benzene rings is 2. The Bertz CT molecular complexity index is 677. The molecule has 2 aromatic rings. The van der Waals surface area contributed by atoms with Crippen molar-refractivity contribution in [3.05, 3.63) is 62.0 Å². The van der Waals surface area contributed by atoms with E-state index in [-0.39, 0.29) is 5.97 Å². The minimum absolute atomic E-state index is 0.361. The lowest BCUT2D eigenvalue weighted by molar-refractivity contribution is 0.0600. The average Bonchev–Trinajstić information content (AvgIpc) is 2.48. The normalized spacial score (nSPS) is 10.3. The molecule has 0 bridgehead atoms. The Kier molecular flexibility index (Phi) is 5.51. The molecule has 0 fully saturated rings. The lowest BCUT2D eigenvalue weighted by Crippen LogP contribution is -2.04. The highest BCUT2D eigenvalue weighted by Gasteiger charge is 2.08. The first-order valence-electron chi connectivity index (χ1n) is 6.07. The van der Waals surface area contributed by atoms with E-state index in [0.29, 0.717) is 22.2 Å². The Balaban J connectivity index is 2.09. The molecule has 0 saturated heterocycles. The third-order valence-electron chi connectivity index (χ3n) is 2.88. The van der Waals surface area contributed by atoms with Gasteiger partial charge in [0.15, 0.2) is 0 Å². The molecule has 0 aromatic heterocycles. The first kappa shape index (κ1) is 16.1. The highest BCUT2D eigenvalue weighted by molar-refractivity contribution is 9.10. The Morgan fingerprint density at radius 2 is 1.95 bits per heavy atom. The molecule has 110 valence electrons. The van der Waals surface area contributed by atoms with Crippen molar-refractivity contribution in [3.8, 4) is 0 Å². The predicted molar refractivity (Wildman–Crippen MR) is 89.3 cm³/mol. The zero-order valence-electron chi connectivity index (χ0n) is 11.1. The standard InChI is InChI=1S/C15H12BrCl2NO2/c1-21-15(20)9-2-3-10(12(16)6-9)8-19-11-4-5-13(17)14(18)7-11/h2-7,19H,8H2,1H3. The van der Waals surface area contributed by atoms with Crippen LogP contribution in [0.25, 0.3) is 0 Å². The van der Waals surface area contributed by atoms with Crippen molar-refractivity contribution >= 4 is 50.8 Å². The van der Waals surface area contributed by atoms with Crippen molar-refractivity contribution in [2.75, 3.05) is 12.4 Å². The molecule has 2 aromatic carbocycles. The molecular weight excluding hydrogens is 377 g/mol. The largest absolute Gasteiger partial charge is 0.465 e. The zero-order chi connectivity index (χ0) is 15.4. The summed E-state index contributed by atoms with van der Waals surface area (Å²) in [7, 11) is 1.36. The van der Waals surface area contributed by atoms with E-state index in [1.807, 2.05) is 12.1 Å². The first-order valence-corrected chi connectivity index (χ1v) is 7.62. The van der Waals surface area contributed by atoms with Crippen LogP contribution in [0, 0.1) is 0 Å². The molecule has 0 radical (unpaired) electrons. The number of nitrogens with one attached hydrogen (secondary N) is 1. The lowest BCUT2D eigenvalue weighted by atomic mass is 10.1. The SMILES string of the molecule is COC(=O)c1ccc(CNc2ccc(Cl)c(Cl)c2)c(Br)c1. The number of ether oxygens (including phenoxy) is 1. The van der Waals surface area contributed by atoms with Gasteiger partial charge >= 0.3 is 5.97 Å². The van der Waals surface area contributed by atoms with Crippen LogP contribution in [0.5, 0.6) is 0 Å². The number of anilines is 1. The summed E-state index contributed by atoms with van der Waals surface area (Å²) in [6, 6.07) is 10.7. The van der Waals surface area contributed by atoms with E-state index in [1.165, 1.54) is 7.11 Å². The minimum Gasteiger partial charge on any atom is -0.465 e. The molecular formula is C15H12BrCl2NO2. The van der Waals surface area contributed by atoms with Gasteiger partial charge < -0.3 is 10.1 Å². The van der Waals surface area contributed by atoms with Gasteiger partial charge in [0.2, 0.25) is 0 Å². The van der Waals surface area contributed by atoms with Gasteiger partial charge in [0, 0.05) is 16.7 Å². The van der Waals surface area contributed by atoms with Gasteiger partial charge in [0.05, 0.1) is 22.7 Å². The second kappa shape index (κ2) is 7.16. The lowest BCUT2D eigenvalue weighted by Gasteiger charge is -2.10. The molecule has 1 N–H and O–H groups in total. The number of halogens is 3. The van der Waals surface area contributed by atoms with Gasteiger partial charge in [-0.15, -0.1) is 0 Å².